The largest absolute Gasteiger partial charge is 0.385 e. The topological polar surface area (TPSA) is 76.7 Å². The van der Waals surface area contributed by atoms with E-state index in [9.17, 15) is 9.59 Å². The molecular weight excluding hydrogens is 248 g/mol. The summed E-state index contributed by atoms with van der Waals surface area (Å²) in [7, 11) is 3.22. The van der Waals surface area contributed by atoms with Crippen LogP contribution in [0.25, 0.3) is 0 Å². The first kappa shape index (κ1) is 17.9. The van der Waals surface area contributed by atoms with Gasteiger partial charge in [-0.1, -0.05) is 0 Å². The molecule has 0 atom stereocenters. The third kappa shape index (κ3) is 7.12. The lowest BCUT2D eigenvalue weighted by Crippen LogP contribution is -2.48. The minimum atomic E-state index is -1.07. The molecule has 0 heterocycles. The normalized spacial score (nSPS) is 11.2. The van der Waals surface area contributed by atoms with Crippen LogP contribution in [0.15, 0.2) is 0 Å². The predicted octanol–water partition coefficient (Wildman–Crippen LogP) is 0.318. The fraction of sp³-hybridized carbons (Fsp3) is 0.846. The molecule has 0 aliphatic heterocycles. The Morgan fingerprint density at radius 1 is 0.895 bits per heavy atom. The molecule has 0 rings (SSSR count). The van der Waals surface area contributed by atoms with Gasteiger partial charge in [-0.25, -0.2) is 0 Å². The van der Waals surface area contributed by atoms with Gasteiger partial charge in [-0.15, -0.1) is 0 Å². The molecule has 0 saturated heterocycles. The Morgan fingerprint density at radius 2 is 1.26 bits per heavy atom. The van der Waals surface area contributed by atoms with Crippen molar-refractivity contribution < 1.29 is 19.1 Å². The van der Waals surface area contributed by atoms with Crippen LogP contribution in [-0.2, 0) is 19.1 Å². The number of nitrogens with one attached hydrogen (secondary N) is 2. The number of hydrogen-bond donors (Lipinski definition) is 2. The Labute approximate surface area is 115 Å². The molecule has 2 N–H and O–H groups in total. The number of rotatable bonds is 10. The van der Waals surface area contributed by atoms with Gasteiger partial charge >= 0.3 is 0 Å². The SMILES string of the molecule is COCCCNC(=O)C(C)(C)C(=O)NCCCOC. The van der Waals surface area contributed by atoms with Crippen LogP contribution in [0.1, 0.15) is 26.7 Å². The van der Waals surface area contributed by atoms with E-state index < -0.39 is 5.41 Å². The minimum absolute atomic E-state index is 0.271. The highest BCUT2D eigenvalue weighted by molar-refractivity contribution is 6.04. The number of amides is 2. The summed E-state index contributed by atoms with van der Waals surface area (Å²) in [6.07, 6.45) is 1.46. The van der Waals surface area contributed by atoms with Gasteiger partial charge in [0.05, 0.1) is 0 Å². The van der Waals surface area contributed by atoms with Crippen molar-refractivity contribution in [2.45, 2.75) is 26.7 Å². The minimum Gasteiger partial charge on any atom is -0.385 e. The highest BCUT2D eigenvalue weighted by atomic mass is 16.5. The van der Waals surface area contributed by atoms with Crippen molar-refractivity contribution in [3.8, 4) is 0 Å². The summed E-state index contributed by atoms with van der Waals surface area (Å²) in [5, 5.41) is 5.47. The van der Waals surface area contributed by atoms with E-state index in [1.807, 2.05) is 0 Å². The van der Waals surface area contributed by atoms with Crippen LogP contribution in [0, 0.1) is 5.41 Å². The van der Waals surface area contributed by atoms with Crippen LogP contribution >= 0.6 is 0 Å². The lowest BCUT2D eigenvalue weighted by atomic mass is 9.91. The molecule has 2 amide bonds. The molecule has 0 bridgehead atoms. The molecule has 0 fully saturated rings. The average molecular weight is 274 g/mol. The van der Waals surface area contributed by atoms with Crippen molar-refractivity contribution in [2.75, 3.05) is 40.5 Å². The van der Waals surface area contributed by atoms with Crippen molar-refractivity contribution in [3.63, 3.8) is 0 Å². The second-order valence-corrected chi connectivity index (χ2v) is 4.83. The summed E-state index contributed by atoms with van der Waals surface area (Å²) in [5.41, 5.74) is -1.07. The fourth-order valence-corrected chi connectivity index (χ4v) is 1.38. The van der Waals surface area contributed by atoms with Crippen molar-refractivity contribution in [2.24, 2.45) is 5.41 Å². The van der Waals surface area contributed by atoms with Crippen LogP contribution in [-0.4, -0.2) is 52.3 Å². The Hall–Kier alpha value is -1.14. The molecule has 112 valence electrons. The predicted molar refractivity (Wildman–Crippen MR) is 72.8 cm³/mol. The van der Waals surface area contributed by atoms with Crippen LogP contribution in [0.5, 0.6) is 0 Å². The second-order valence-electron chi connectivity index (χ2n) is 4.83. The zero-order valence-electron chi connectivity index (χ0n) is 12.4. The van der Waals surface area contributed by atoms with Crippen LogP contribution in [0.4, 0.5) is 0 Å². The van der Waals surface area contributed by atoms with E-state index in [1.54, 1.807) is 28.1 Å². The van der Waals surface area contributed by atoms with Gasteiger partial charge < -0.3 is 20.1 Å². The first-order chi connectivity index (χ1) is 8.96. The molecule has 6 nitrogen and oxygen atoms in total. The second kappa shape index (κ2) is 9.75. The third-order valence-electron chi connectivity index (χ3n) is 2.76. The summed E-state index contributed by atoms with van der Waals surface area (Å²) in [5.74, 6) is -0.541. The summed E-state index contributed by atoms with van der Waals surface area (Å²) in [6, 6.07) is 0. The first-order valence-electron chi connectivity index (χ1n) is 6.51. The summed E-state index contributed by atoms with van der Waals surface area (Å²) in [6.45, 7) is 5.42. The summed E-state index contributed by atoms with van der Waals surface area (Å²) >= 11 is 0. The van der Waals surface area contributed by atoms with Crippen molar-refractivity contribution >= 4 is 11.8 Å². The van der Waals surface area contributed by atoms with Gasteiger partial charge in [0, 0.05) is 40.5 Å². The fourth-order valence-electron chi connectivity index (χ4n) is 1.38. The average Bonchev–Trinajstić information content (AvgIpc) is 2.39. The van der Waals surface area contributed by atoms with Gasteiger partial charge in [0.25, 0.3) is 0 Å². The Morgan fingerprint density at radius 3 is 1.58 bits per heavy atom. The van der Waals surface area contributed by atoms with Crippen molar-refractivity contribution in [3.05, 3.63) is 0 Å². The lowest BCUT2D eigenvalue weighted by Gasteiger charge is -2.22. The highest BCUT2D eigenvalue weighted by Gasteiger charge is 2.35. The molecule has 0 aromatic carbocycles. The van der Waals surface area contributed by atoms with Crippen LogP contribution in [0.3, 0.4) is 0 Å². The maximum absolute atomic E-state index is 11.9. The standard InChI is InChI=1S/C13H26N2O4/c1-13(2,11(16)14-7-5-9-18-3)12(17)15-8-6-10-19-4/h5-10H2,1-4H3,(H,14,16)(H,15,17). The van der Waals surface area contributed by atoms with Crippen LogP contribution in [0.2, 0.25) is 0 Å². The molecule has 0 saturated carbocycles. The number of carbonyl (C=O) groups excluding carboxylic acids is 2. The van der Waals surface area contributed by atoms with E-state index >= 15 is 0 Å². The first-order valence-corrected chi connectivity index (χ1v) is 6.51. The van der Waals surface area contributed by atoms with Gasteiger partial charge in [0.15, 0.2) is 0 Å². The molecule has 6 heteroatoms. The van der Waals surface area contributed by atoms with E-state index in [2.05, 4.69) is 10.6 Å². The smallest absolute Gasteiger partial charge is 0.235 e. The molecule has 0 aromatic rings. The summed E-state index contributed by atoms with van der Waals surface area (Å²) in [4.78, 5) is 23.8. The van der Waals surface area contributed by atoms with Gasteiger partial charge in [-0.05, 0) is 26.7 Å². The van der Waals surface area contributed by atoms with E-state index in [-0.39, 0.29) is 11.8 Å². The number of hydrogen-bond acceptors (Lipinski definition) is 4. The molecular formula is C13H26N2O4. The Bertz CT molecular complexity index is 254. The molecule has 0 aliphatic carbocycles. The van der Waals surface area contributed by atoms with E-state index in [4.69, 9.17) is 9.47 Å². The monoisotopic (exact) mass is 274 g/mol. The molecule has 19 heavy (non-hydrogen) atoms. The van der Waals surface area contributed by atoms with Gasteiger partial charge in [0.1, 0.15) is 5.41 Å². The maximum Gasteiger partial charge on any atom is 0.235 e. The van der Waals surface area contributed by atoms with Gasteiger partial charge in [-0.3, -0.25) is 9.59 Å². The maximum atomic E-state index is 11.9. The number of ether oxygens (including phenoxy) is 2. The number of carbonyl (C=O) groups is 2. The molecule has 0 radical (unpaired) electrons. The molecule has 0 unspecified atom stereocenters. The molecule has 0 aromatic heterocycles. The quantitative estimate of drug-likeness (QED) is 0.444. The molecule has 0 aliphatic rings. The van der Waals surface area contributed by atoms with Crippen molar-refractivity contribution in [1.82, 2.24) is 10.6 Å². The van der Waals surface area contributed by atoms with E-state index in [1.165, 1.54) is 0 Å². The van der Waals surface area contributed by atoms with Gasteiger partial charge in [-0.2, -0.15) is 0 Å². The zero-order chi connectivity index (χ0) is 14.7. The Balaban J connectivity index is 4.04. The van der Waals surface area contributed by atoms with E-state index in [0.29, 0.717) is 26.3 Å². The Kier molecular flexibility index (Phi) is 9.16. The lowest BCUT2D eigenvalue weighted by molar-refractivity contribution is -0.141. The van der Waals surface area contributed by atoms with Crippen LogP contribution < -0.4 is 10.6 Å². The zero-order valence-corrected chi connectivity index (χ0v) is 12.4. The van der Waals surface area contributed by atoms with E-state index in [0.717, 1.165) is 12.8 Å². The van der Waals surface area contributed by atoms with Crippen molar-refractivity contribution in [1.29, 1.82) is 0 Å². The highest BCUT2D eigenvalue weighted by Crippen LogP contribution is 2.15. The molecule has 0 spiro atoms. The van der Waals surface area contributed by atoms with Gasteiger partial charge in [0.2, 0.25) is 11.8 Å². The third-order valence-corrected chi connectivity index (χ3v) is 2.76. The summed E-state index contributed by atoms with van der Waals surface area (Å²) < 4.78 is 9.78. The number of methoxy groups -OCH3 is 2.